The summed E-state index contributed by atoms with van der Waals surface area (Å²) in [5.41, 5.74) is 7.82. The van der Waals surface area contributed by atoms with E-state index in [1.165, 1.54) is 303 Å². The van der Waals surface area contributed by atoms with Crippen molar-refractivity contribution in [3.63, 3.8) is 0 Å². The fraction of sp³-hybridized carbons (Fsp3) is 0.600. The Hall–Kier alpha value is -4.68. The summed E-state index contributed by atoms with van der Waals surface area (Å²) < 4.78 is 70.2. The van der Waals surface area contributed by atoms with Crippen LogP contribution < -0.4 is 27.1 Å². The number of benzene rings is 6. The van der Waals surface area contributed by atoms with E-state index in [2.05, 4.69) is 114 Å². The van der Waals surface area contributed by atoms with Gasteiger partial charge in [-0.25, -0.2) is 13.7 Å². The molecule has 9 nitrogen and oxygen atoms in total. The summed E-state index contributed by atoms with van der Waals surface area (Å²) in [6, 6.07) is 47.6. The van der Waals surface area contributed by atoms with E-state index < -0.39 is 24.8 Å². The second-order valence-corrected chi connectivity index (χ2v) is 31.2. The minimum absolute atomic E-state index is 0. The molecule has 6 rings (SSSR count). The molecular weight excluding hydrogens is 1380 g/mol. The summed E-state index contributed by atoms with van der Waals surface area (Å²) >= 11 is 0. The first-order valence-electron chi connectivity index (χ1n) is 41.4. The van der Waals surface area contributed by atoms with Gasteiger partial charge in [-0.3, -0.25) is 0 Å². The van der Waals surface area contributed by atoms with Crippen LogP contribution in [0, 0.1) is 0 Å². The molecule has 6 aromatic carbocycles. The van der Waals surface area contributed by atoms with Gasteiger partial charge in [0.05, 0.1) is 0 Å². The summed E-state index contributed by atoms with van der Waals surface area (Å²) in [7, 11) is -7.90. The van der Waals surface area contributed by atoms with Gasteiger partial charge in [-0.05, 0) is 183 Å². The Morgan fingerprint density at radius 2 is 0.282 bits per heavy atom. The zero-order valence-electron chi connectivity index (χ0n) is 65.3. The Morgan fingerprint density at radius 3 is 0.398 bits per heavy atom. The van der Waals surface area contributed by atoms with E-state index in [1.807, 2.05) is 72.8 Å². The number of unbranched alkanes of at least 4 members (excludes halogenated alkanes) is 36. The van der Waals surface area contributed by atoms with Crippen molar-refractivity contribution in [1.82, 2.24) is 0 Å². The van der Waals surface area contributed by atoms with Crippen molar-refractivity contribution in [3.8, 4) is 34.5 Å². The van der Waals surface area contributed by atoms with Crippen LogP contribution in [0.3, 0.4) is 0 Å². The summed E-state index contributed by atoms with van der Waals surface area (Å²) in [4.78, 5) is 0. The smallest absolute Gasteiger partial charge is 0.418 e. The molecule has 0 N–H and O–H groups in total. The third kappa shape index (κ3) is 49.7. The molecule has 0 saturated heterocycles. The van der Waals surface area contributed by atoms with E-state index in [0.717, 1.165) is 38.5 Å². The molecule has 0 fully saturated rings. The van der Waals surface area contributed by atoms with Gasteiger partial charge in [0, 0.05) is 16.8 Å². The van der Waals surface area contributed by atoms with Gasteiger partial charge in [0.15, 0.2) is 0 Å². The molecule has 0 saturated carbocycles. The van der Waals surface area contributed by atoms with Gasteiger partial charge >= 0.3 is 24.8 Å². The summed E-state index contributed by atoms with van der Waals surface area (Å²) in [6.45, 7) is 13.5. The van der Waals surface area contributed by atoms with Crippen LogP contribution in [0.4, 0.5) is 0 Å². The van der Waals surface area contributed by atoms with Gasteiger partial charge in [0.1, 0.15) is 34.5 Å². The molecule has 0 amide bonds. The Balaban J connectivity index is 0.000000399. The number of hydrogen-bond donors (Lipinski definition) is 0. The minimum Gasteiger partial charge on any atom is -0.418 e. The fourth-order valence-corrected chi connectivity index (χ4v) is 14.8. The van der Waals surface area contributed by atoms with Crippen molar-refractivity contribution in [2.75, 3.05) is 0 Å². The predicted molar refractivity (Wildman–Crippen MR) is 440 cm³/mol. The van der Waals surface area contributed by atoms with Crippen LogP contribution in [0.2, 0.25) is 0 Å². The standard InChI is InChI=1S/3C30H47O3P.Co/c3*1-3-5-7-9-11-13-15-17-27-19-23-29(24-20-27)32-34(31)33-30-25-21-28(22-26-30)18-16-14-12-10-8-6-4-2;/h3*19-26,34H,3-18H2,1-2H3;. The predicted octanol–water partition coefficient (Wildman–Crippen LogP) is 30.4. The zero-order chi connectivity index (χ0) is 72.8. The first-order valence-corrected chi connectivity index (χ1v) is 45.0. The topological polar surface area (TPSA) is 107 Å². The van der Waals surface area contributed by atoms with Gasteiger partial charge in [0.2, 0.25) is 0 Å². The van der Waals surface area contributed by atoms with Crippen LogP contribution in [-0.4, -0.2) is 0 Å². The second-order valence-electron chi connectivity index (χ2n) is 28.5. The fourth-order valence-electron chi connectivity index (χ4n) is 12.7. The Labute approximate surface area is 641 Å². The number of hydrogen-bond acceptors (Lipinski definition) is 9. The van der Waals surface area contributed by atoms with Crippen molar-refractivity contribution >= 4 is 24.8 Å². The molecule has 0 heterocycles. The zero-order valence-corrected chi connectivity index (χ0v) is 69.3. The Morgan fingerprint density at radius 1 is 0.175 bits per heavy atom. The van der Waals surface area contributed by atoms with Crippen molar-refractivity contribution in [2.45, 2.75) is 350 Å². The monoisotopic (exact) mass is 1520 g/mol. The van der Waals surface area contributed by atoms with Crippen LogP contribution in [0.1, 0.15) is 345 Å². The van der Waals surface area contributed by atoms with Crippen molar-refractivity contribution in [3.05, 3.63) is 179 Å². The van der Waals surface area contributed by atoms with Gasteiger partial charge in [0.25, 0.3) is 0 Å². The van der Waals surface area contributed by atoms with Crippen molar-refractivity contribution in [1.29, 1.82) is 0 Å². The third-order valence-corrected chi connectivity index (χ3v) is 21.6. The van der Waals surface area contributed by atoms with Crippen molar-refractivity contribution < 1.29 is 57.6 Å². The molecule has 0 bridgehead atoms. The Kier molecular flexibility index (Phi) is 57.9. The van der Waals surface area contributed by atoms with Gasteiger partial charge in [-0.2, -0.15) is 0 Å². The van der Waals surface area contributed by atoms with Crippen LogP contribution in [-0.2, 0) is 69.0 Å². The molecule has 0 aromatic heterocycles. The molecule has 0 atom stereocenters. The van der Waals surface area contributed by atoms with Crippen LogP contribution in [0.25, 0.3) is 0 Å². The largest absolute Gasteiger partial charge is 0.418 e. The molecule has 103 heavy (non-hydrogen) atoms. The molecule has 0 unspecified atom stereocenters. The van der Waals surface area contributed by atoms with E-state index in [-0.39, 0.29) is 16.8 Å². The van der Waals surface area contributed by atoms with Gasteiger partial charge < -0.3 is 27.1 Å². The van der Waals surface area contributed by atoms with Crippen LogP contribution in [0.15, 0.2) is 146 Å². The normalized spacial score (nSPS) is 11.0. The van der Waals surface area contributed by atoms with Crippen LogP contribution in [0.5, 0.6) is 34.5 Å². The molecule has 6 aromatic rings. The first kappa shape index (κ1) is 92.5. The quantitative estimate of drug-likeness (QED) is 0.0273. The molecule has 13 heteroatoms. The molecule has 0 aliphatic heterocycles. The molecule has 0 aliphatic rings. The molecule has 1 radical (unpaired) electrons. The molecule has 0 spiro atoms. The SMILES string of the molecule is CCCCCCCCCc1ccc(O[PH](=O)Oc2ccc(CCCCCCCCC)cc2)cc1.CCCCCCCCCc1ccc(O[PH](=O)Oc2ccc(CCCCCCCCC)cc2)cc1.CCCCCCCCCc1ccc(O[PH](=O)Oc2ccc(CCCCCCCCC)cc2)cc1.[Co]. The first-order chi connectivity index (χ1) is 50.1. The van der Waals surface area contributed by atoms with E-state index in [9.17, 15) is 13.7 Å². The van der Waals surface area contributed by atoms with Crippen molar-refractivity contribution in [2.24, 2.45) is 0 Å². The number of aryl methyl sites for hydroxylation is 6. The van der Waals surface area contributed by atoms with E-state index in [4.69, 9.17) is 27.1 Å². The average molecular weight is 1520 g/mol. The maximum absolute atomic E-state index is 12.3. The summed E-state index contributed by atoms with van der Waals surface area (Å²) in [5, 5.41) is 0. The average Bonchev–Trinajstić information content (AvgIpc) is 0.922. The minimum atomic E-state index is -2.63. The Bertz CT molecular complexity index is 2440. The second kappa shape index (κ2) is 64.5. The van der Waals surface area contributed by atoms with E-state index >= 15 is 0 Å². The van der Waals surface area contributed by atoms with E-state index in [1.54, 1.807) is 0 Å². The maximum Gasteiger partial charge on any atom is 0.418 e. The molecule has 579 valence electrons. The number of rotatable bonds is 60. The van der Waals surface area contributed by atoms with Crippen LogP contribution >= 0.6 is 24.8 Å². The summed E-state index contributed by atoms with van der Waals surface area (Å²) in [5.74, 6) is 3.60. The third-order valence-electron chi connectivity index (χ3n) is 19.2. The van der Waals surface area contributed by atoms with Gasteiger partial charge in [-0.1, -0.05) is 345 Å². The van der Waals surface area contributed by atoms with E-state index in [0.29, 0.717) is 34.5 Å². The van der Waals surface area contributed by atoms with Gasteiger partial charge in [-0.15, -0.1) is 0 Å². The maximum atomic E-state index is 12.3. The summed E-state index contributed by atoms with van der Waals surface area (Å²) in [6.07, 6.45) is 62.0. The molecule has 0 aliphatic carbocycles. The molecular formula is C90H141CoO9P3.